The topological polar surface area (TPSA) is 73.9 Å². The van der Waals surface area contributed by atoms with E-state index in [-0.39, 0.29) is 19.1 Å². The molecule has 7 heteroatoms. The van der Waals surface area contributed by atoms with Gasteiger partial charge in [0.25, 0.3) is 5.91 Å². The first-order chi connectivity index (χ1) is 11.7. The van der Waals surface area contributed by atoms with E-state index < -0.39 is 5.97 Å². The number of benzene rings is 1. The fourth-order valence-corrected chi connectivity index (χ4v) is 2.47. The number of hydrogen-bond donors (Lipinski definition) is 1. The predicted molar refractivity (Wildman–Crippen MR) is 90.7 cm³/mol. The molecule has 1 amide bonds. The van der Waals surface area contributed by atoms with Crippen LogP contribution >= 0.6 is 11.3 Å². The molecule has 1 N–H and O–H groups in total. The van der Waals surface area contributed by atoms with Gasteiger partial charge in [-0.05, 0) is 30.0 Å². The molecular formula is C17H19NO5S. The van der Waals surface area contributed by atoms with Gasteiger partial charge in [0.05, 0.1) is 18.6 Å². The molecule has 0 saturated carbocycles. The number of ether oxygens (including phenoxy) is 3. The molecule has 2 aromatic rings. The van der Waals surface area contributed by atoms with Crippen molar-refractivity contribution in [2.45, 2.75) is 6.42 Å². The standard InChI is InChI=1S/C17H19NO5S/c1-21-13-5-2-6-14(11-13)23-12-16(19)22-9-4-8-18-17(20)15-7-3-10-24-15/h2-3,5-7,10-11H,4,8-9,12H2,1H3,(H,18,20). The van der Waals surface area contributed by atoms with Crippen molar-refractivity contribution in [1.82, 2.24) is 5.32 Å². The maximum absolute atomic E-state index is 11.7. The maximum atomic E-state index is 11.7. The monoisotopic (exact) mass is 349 g/mol. The fourth-order valence-electron chi connectivity index (χ4n) is 1.83. The van der Waals surface area contributed by atoms with Crippen LogP contribution in [0.1, 0.15) is 16.1 Å². The third kappa shape index (κ3) is 5.92. The third-order valence-electron chi connectivity index (χ3n) is 3.01. The SMILES string of the molecule is COc1cccc(OCC(=O)OCCCNC(=O)c2cccs2)c1. The molecule has 0 saturated heterocycles. The van der Waals surface area contributed by atoms with Crippen molar-refractivity contribution in [2.75, 3.05) is 26.9 Å². The van der Waals surface area contributed by atoms with Crippen LogP contribution in [0.25, 0.3) is 0 Å². The van der Waals surface area contributed by atoms with Crippen LogP contribution in [0.2, 0.25) is 0 Å². The highest BCUT2D eigenvalue weighted by Gasteiger charge is 2.07. The fraction of sp³-hybridized carbons (Fsp3) is 0.294. The van der Waals surface area contributed by atoms with Crippen LogP contribution in [0.4, 0.5) is 0 Å². The molecule has 0 radical (unpaired) electrons. The molecule has 0 fully saturated rings. The normalized spacial score (nSPS) is 10.0. The quantitative estimate of drug-likeness (QED) is 0.556. The molecule has 0 unspecified atom stereocenters. The lowest BCUT2D eigenvalue weighted by molar-refractivity contribution is -0.146. The molecule has 128 valence electrons. The summed E-state index contributed by atoms with van der Waals surface area (Å²) in [5, 5.41) is 4.61. The molecule has 0 atom stereocenters. The average molecular weight is 349 g/mol. The minimum Gasteiger partial charge on any atom is -0.497 e. The van der Waals surface area contributed by atoms with Gasteiger partial charge in [-0.1, -0.05) is 12.1 Å². The lowest BCUT2D eigenvalue weighted by Gasteiger charge is -2.08. The highest BCUT2D eigenvalue weighted by Crippen LogP contribution is 2.18. The van der Waals surface area contributed by atoms with E-state index in [9.17, 15) is 9.59 Å². The van der Waals surface area contributed by atoms with Crippen LogP contribution in [0.3, 0.4) is 0 Å². The molecule has 1 aromatic heterocycles. The molecule has 0 aliphatic heterocycles. The second-order valence-electron chi connectivity index (χ2n) is 4.77. The van der Waals surface area contributed by atoms with Gasteiger partial charge in [0.15, 0.2) is 6.61 Å². The molecule has 0 aliphatic carbocycles. The summed E-state index contributed by atoms with van der Waals surface area (Å²) in [7, 11) is 1.56. The van der Waals surface area contributed by atoms with Gasteiger partial charge >= 0.3 is 5.97 Å². The first kappa shape index (κ1) is 17.8. The van der Waals surface area contributed by atoms with Crippen LogP contribution in [-0.2, 0) is 9.53 Å². The van der Waals surface area contributed by atoms with E-state index in [0.717, 1.165) is 0 Å². The number of hydrogen-bond acceptors (Lipinski definition) is 6. The minimum absolute atomic E-state index is 0.113. The van der Waals surface area contributed by atoms with Gasteiger partial charge in [-0.25, -0.2) is 4.79 Å². The summed E-state index contributed by atoms with van der Waals surface area (Å²) >= 11 is 1.38. The highest BCUT2D eigenvalue weighted by molar-refractivity contribution is 7.12. The molecular weight excluding hydrogens is 330 g/mol. The molecule has 1 aromatic carbocycles. The lowest BCUT2D eigenvalue weighted by atomic mass is 10.3. The maximum Gasteiger partial charge on any atom is 0.344 e. The summed E-state index contributed by atoms with van der Waals surface area (Å²) < 4.78 is 15.5. The zero-order chi connectivity index (χ0) is 17.2. The Morgan fingerprint density at radius 1 is 1.17 bits per heavy atom. The van der Waals surface area contributed by atoms with E-state index >= 15 is 0 Å². The molecule has 24 heavy (non-hydrogen) atoms. The van der Waals surface area contributed by atoms with E-state index in [4.69, 9.17) is 14.2 Å². The van der Waals surface area contributed by atoms with Crippen LogP contribution in [0.5, 0.6) is 11.5 Å². The second-order valence-corrected chi connectivity index (χ2v) is 5.72. The number of esters is 1. The molecule has 1 heterocycles. The lowest BCUT2D eigenvalue weighted by Crippen LogP contribution is -2.25. The summed E-state index contributed by atoms with van der Waals surface area (Å²) in [5.74, 6) is 0.622. The number of rotatable bonds is 9. The summed E-state index contributed by atoms with van der Waals surface area (Å²) in [5.41, 5.74) is 0. The first-order valence-corrected chi connectivity index (χ1v) is 8.31. The molecule has 0 aliphatic rings. The van der Waals surface area contributed by atoms with Gasteiger partial charge in [0.1, 0.15) is 11.5 Å². The van der Waals surface area contributed by atoms with Crippen molar-refractivity contribution >= 4 is 23.2 Å². The van der Waals surface area contributed by atoms with E-state index in [0.29, 0.717) is 29.3 Å². The Kier molecular flexibility index (Phi) is 7.10. The molecule has 6 nitrogen and oxygen atoms in total. The second kappa shape index (κ2) is 9.57. The van der Waals surface area contributed by atoms with Gasteiger partial charge < -0.3 is 19.5 Å². The predicted octanol–water partition coefficient (Wildman–Crippen LogP) is 2.50. The zero-order valence-corrected chi connectivity index (χ0v) is 14.1. The summed E-state index contributed by atoms with van der Waals surface area (Å²) in [4.78, 5) is 23.9. The Labute approximate surface area is 144 Å². The van der Waals surface area contributed by atoms with Crippen LogP contribution in [-0.4, -0.2) is 38.7 Å². The zero-order valence-electron chi connectivity index (χ0n) is 13.3. The Hall–Kier alpha value is -2.54. The summed E-state index contributed by atoms with van der Waals surface area (Å²) in [6.07, 6.45) is 0.544. The number of carbonyl (C=O) groups is 2. The first-order valence-electron chi connectivity index (χ1n) is 7.43. The molecule has 0 spiro atoms. The van der Waals surface area contributed by atoms with Crippen molar-refractivity contribution in [1.29, 1.82) is 0 Å². The van der Waals surface area contributed by atoms with E-state index in [1.165, 1.54) is 11.3 Å². The van der Waals surface area contributed by atoms with Crippen molar-refractivity contribution in [3.63, 3.8) is 0 Å². The number of thiophene rings is 1. The van der Waals surface area contributed by atoms with Gasteiger partial charge in [0, 0.05) is 12.6 Å². The Morgan fingerprint density at radius 2 is 2.00 bits per heavy atom. The number of carbonyl (C=O) groups excluding carboxylic acids is 2. The number of amides is 1. The van der Waals surface area contributed by atoms with Crippen molar-refractivity contribution in [3.8, 4) is 11.5 Å². The van der Waals surface area contributed by atoms with Gasteiger partial charge in [-0.3, -0.25) is 4.79 Å². The Balaban J connectivity index is 1.57. The van der Waals surface area contributed by atoms with Crippen LogP contribution in [0.15, 0.2) is 41.8 Å². The Morgan fingerprint density at radius 3 is 2.75 bits per heavy atom. The van der Waals surface area contributed by atoms with E-state index in [2.05, 4.69) is 5.32 Å². The van der Waals surface area contributed by atoms with Gasteiger partial charge in [-0.2, -0.15) is 0 Å². The van der Waals surface area contributed by atoms with Crippen LogP contribution < -0.4 is 14.8 Å². The number of methoxy groups -OCH3 is 1. The van der Waals surface area contributed by atoms with E-state index in [1.54, 1.807) is 37.4 Å². The largest absolute Gasteiger partial charge is 0.497 e. The highest BCUT2D eigenvalue weighted by atomic mass is 32.1. The van der Waals surface area contributed by atoms with Gasteiger partial charge in [-0.15, -0.1) is 11.3 Å². The molecule has 2 rings (SSSR count). The minimum atomic E-state index is -0.456. The van der Waals surface area contributed by atoms with Crippen molar-refractivity contribution in [3.05, 3.63) is 46.7 Å². The third-order valence-corrected chi connectivity index (χ3v) is 3.88. The molecule has 0 bridgehead atoms. The smallest absolute Gasteiger partial charge is 0.344 e. The summed E-state index contributed by atoms with van der Waals surface area (Å²) in [6.45, 7) is 0.500. The van der Waals surface area contributed by atoms with E-state index in [1.807, 2.05) is 11.4 Å². The van der Waals surface area contributed by atoms with Crippen molar-refractivity contribution < 1.29 is 23.8 Å². The average Bonchev–Trinajstić information content (AvgIpc) is 3.14. The van der Waals surface area contributed by atoms with Crippen molar-refractivity contribution in [2.24, 2.45) is 0 Å². The summed E-state index contributed by atoms with van der Waals surface area (Å²) in [6, 6.07) is 10.6. The van der Waals surface area contributed by atoms with Crippen LogP contribution in [0, 0.1) is 0 Å². The number of nitrogens with one attached hydrogen (secondary N) is 1. The Bertz CT molecular complexity index is 657. The van der Waals surface area contributed by atoms with Gasteiger partial charge in [0.2, 0.25) is 0 Å².